The number of ether oxygens (including phenoxy) is 4. The zero-order valence-electron chi connectivity index (χ0n) is 22.4. The molecule has 2 aliphatic heterocycles. The molecule has 5 aromatic rings. The highest BCUT2D eigenvalue weighted by Crippen LogP contribution is 2.44. The molecule has 1 atom stereocenters. The third-order valence-electron chi connectivity index (χ3n) is 7.47. The van der Waals surface area contributed by atoms with Crippen LogP contribution in [0.4, 0.5) is 0 Å². The van der Waals surface area contributed by atoms with Gasteiger partial charge >= 0.3 is 0 Å². The highest BCUT2D eigenvalue weighted by molar-refractivity contribution is 7.99. The van der Waals surface area contributed by atoms with Gasteiger partial charge in [0.2, 0.25) is 0 Å². The lowest BCUT2D eigenvalue weighted by molar-refractivity contribution is 0.0629. The lowest BCUT2D eigenvalue weighted by Crippen LogP contribution is -2.35. The summed E-state index contributed by atoms with van der Waals surface area (Å²) >= 11 is 9.53. The molecule has 0 saturated carbocycles. The number of thiazole rings is 1. The molecule has 12 heteroatoms. The molecule has 0 radical (unpaired) electrons. The van der Waals surface area contributed by atoms with Gasteiger partial charge in [-0.3, -0.25) is 5.43 Å². The van der Waals surface area contributed by atoms with Crippen molar-refractivity contribution in [2.75, 3.05) is 32.9 Å². The molecule has 0 aliphatic carbocycles. The maximum Gasteiger partial charge on any atom is 0.196 e. The van der Waals surface area contributed by atoms with Gasteiger partial charge in [-0.2, -0.15) is 0 Å². The van der Waals surface area contributed by atoms with E-state index in [0.29, 0.717) is 48.4 Å². The topological polar surface area (TPSA) is 92.8 Å². The SMILES string of the molecule is COc1cc(OCc2csc(C3(c4cccc(Cl)c4)CCOCC3)n2)c2cc(-c3cn4c(n3)SC(OC)N4)oc2c1. The van der Waals surface area contributed by atoms with Gasteiger partial charge in [0.05, 0.1) is 29.8 Å². The van der Waals surface area contributed by atoms with E-state index in [1.54, 1.807) is 25.6 Å². The Balaban J connectivity index is 1.16. The lowest BCUT2D eigenvalue weighted by atomic mass is 9.74. The van der Waals surface area contributed by atoms with Gasteiger partial charge in [-0.25, -0.2) is 14.6 Å². The molecule has 1 fully saturated rings. The van der Waals surface area contributed by atoms with E-state index in [9.17, 15) is 0 Å². The molecular formula is C29H27ClN4O5S2. The molecule has 2 aliphatic rings. The first-order valence-corrected chi connectivity index (χ1v) is 15.3. The lowest BCUT2D eigenvalue weighted by Gasteiger charge is -2.36. The van der Waals surface area contributed by atoms with Gasteiger partial charge in [0.15, 0.2) is 16.5 Å². The standard InChI is InChI=1S/C29H27ClN4O5S2/c1-35-20-11-23(21-13-25(39-24(21)12-20)22-14-34-27(32-22)41-28(33-34)36-2)38-15-19-16-40-26(31-19)29(6-8-37-9-7-29)17-4-3-5-18(30)10-17/h3-5,10-14,16,28,33H,6-9,15H2,1-2H3. The van der Waals surface area contributed by atoms with E-state index in [4.69, 9.17) is 44.9 Å². The number of furan rings is 1. The summed E-state index contributed by atoms with van der Waals surface area (Å²) in [5.41, 5.74) is 6.21. The second-order valence-corrected chi connectivity index (χ2v) is 12.2. The molecule has 9 nitrogen and oxygen atoms in total. The normalized spacial score (nSPS) is 17.9. The fourth-order valence-electron chi connectivity index (χ4n) is 5.32. The minimum atomic E-state index is -0.226. The summed E-state index contributed by atoms with van der Waals surface area (Å²) in [4.78, 5) is 9.75. The Morgan fingerprint density at radius 3 is 2.80 bits per heavy atom. The number of hydrogen-bond donors (Lipinski definition) is 1. The van der Waals surface area contributed by atoms with E-state index in [1.807, 2.05) is 47.3 Å². The van der Waals surface area contributed by atoms with Gasteiger partial charge in [-0.05, 0) is 48.4 Å². The van der Waals surface area contributed by atoms with Gasteiger partial charge in [-0.1, -0.05) is 23.7 Å². The summed E-state index contributed by atoms with van der Waals surface area (Å²) in [7, 11) is 3.28. The Bertz CT molecular complexity index is 1690. The number of aromatic nitrogens is 3. The van der Waals surface area contributed by atoms with Gasteiger partial charge in [0.25, 0.3) is 0 Å². The van der Waals surface area contributed by atoms with Crippen molar-refractivity contribution in [2.24, 2.45) is 0 Å². The quantitative estimate of drug-likeness (QED) is 0.207. The molecule has 1 N–H and O–H groups in total. The summed E-state index contributed by atoms with van der Waals surface area (Å²) in [6.45, 7) is 1.67. The van der Waals surface area contributed by atoms with E-state index in [1.165, 1.54) is 17.3 Å². The Kier molecular flexibility index (Phi) is 7.08. The second-order valence-electron chi connectivity index (χ2n) is 9.88. The summed E-state index contributed by atoms with van der Waals surface area (Å²) < 4.78 is 31.0. The van der Waals surface area contributed by atoms with Gasteiger partial charge in [-0.15, -0.1) is 11.3 Å². The fraction of sp³-hybridized carbons (Fsp3) is 0.310. The molecule has 0 amide bonds. The van der Waals surface area contributed by atoms with Crippen molar-refractivity contribution in [2.45, 2.75) is 35.6 Å². The summed E-state index contributed by atoms with van der Waals surface area (Å²) in [6.07, 6.45) is 3.60. The van der Waals surface area contributed by atoms with Crippen LogP contribution in [0.15, 0.2) is 63.6 Å². The molecule has 2 aromatic carbocycles. The van der Waals surface area contributed by atoms with Crippen molar-refractivity contribution in [3.63, 3.8) is 0 Å². The molecule has 0 spiro atoms. The molecule has 3 aromatic heterocycles. The number of hydrogen-bond acceptors (Lipinski definition) is 10. The number of methoxy groups -OCH3 is 2. The van der Waals surface area contributed by atoms with Crippen molar-refractivity contribution in [3.05, 3.63) is 75.3 Å². The molecule has 5 heterocycles. The van der Waals surface area contributed by atoms with E-state index in [2.05, 4.69) is 16.9 Å². The Morgan fingerprint density at radius 2 is 2.02 bits per heavy atom. The van der Waals surface area contributed by atoms with Crippen LogP contribution in [0.5, 0.6) is 11.5 Å². The molecular weight excluding hydrogens is 584 g/mol. The Labute approximate surface area is 249 Å². The van der Waals surface area contributed by atoms with Crippen LogP contribution < -0.4 is 14.9 Å². The van der Waals surface area contributed by atoms with Crippen molar-refractivity contribution in [1.29, 1.82) is 0 Å². The predicted octanol–water partition coefficient (Wildman–Crippen LogP) is 6.67. The van der Waals surface area contributed by atoms with Crippen molar-refractivity contribution >= 4 is 45.7 Å². The molecule has 7 rings (SSSR count). The predicted molar refractivity (Wildman–Crippen MR) is 159 cm³/mol. The number of fused-ring (bicyclic) bond motifs is 2. The van der Waals surface area contributed by atoms with Crippen molar-refractivity contribution < 1.29 is 23.4 Å². The molecule has 212 valence electrons. The van der Waals surface area contributed by atoms with Crippen LogP contribution in [0.1, 0.15) is 29.1 Å². The van der Waals surface area contributed by atoms with Crippen LogP contribution >= 0.6 is 34.7 Å². The fourth-order valence-corrected chi connectivity index (χ4v) is 7.42. The first kappa shape index (κ1) is 26.7. The van der Waals surface area contributed by atoms with E-state index in [-0.39, 0.29) is 11.0 Å². The van der Waals surface area contributed by atoms with Crippen LogP contribution in [0, 0.1) is 0 Å². The van der Waals surface area contributed by atoms with Gasteiger partial charge in [0.1, 0.15) is 34.4 Å². The number of nitrogens with one attached hydrogen (secondary N) is 1. The third kappa shape index (κ3) is 4.95. The highest BCUT2D eigenvalue weighted by Gasteiger charge is 2.39. The Hall–Kier alpha value is -3.22. The molecule has 41 heavy (non-hydrogen) atoms. The minimum Gasteiger partial charge on any atom is -0.496 e. The molecule has 1 saturated heterocycles. The first-order chi connectivity index (χ1) is 20.0. The number of imidazole rings is 1. The van der Waals surface area contributed by atoms with Crippen molar-refractivity contribution in [1.82, 2.24) is 14.6 Å². The summed E-state index contributed by atoms with van der Waals surface area (Å²) in [5.74, 6) is 1.93. The largest absolute Gasteiger partial charge is 0.496 e. The average molecular weight is 611 g/mol. The number of rotatable bonds is 8. The molecule has 1 unspecified atom stereocenters. The van der Waals surface area contributed by atoms with E-state index < -0.39 is 0 Å². The Morgan fingerprint density at radius 1 is 1.15 bits per heavy atom. The maximum atomic E-state index is 6.38. The zero-order chi connectivity index (χ0) is 28.0. The maximum absolute atomic E-state index is 6.38. The monoisotopic (exact) mass is 610 g/mol. The van der Waals surface area contributed by atoms with Crippen molar-refractivity contribution in [3.8, 4) is 23.0 Å². The van der Waals surface area contributed by atoms with Gasteiger partial charge in [0, 0.05) is 42.9 Å². The first-order valence-electron chi connectivity index (χ1n) is 13.1. The molecule has 0 bridgehead atoms. The average Bonchev–Trinajstić information content (AvgIpc) is 3.79. The minimum absolute atomic E-state index is 0.162. The van der Waals surface area contributed by atoms with Crippen LogP contribution in [0.2, 0.25) is 5.02 Å². The number of thioether (sulfide) groups is 1. The van der Waals surface area contributed by atoms with Gasteiger partial charge < -0.3 is 23.4 Å². The summed E-state index contributed by atoms with van der Waals surface area (Å²) in [6, 6.07) is 13.8. The smallest absolute Gasteiger partial charge is 0.196 e. The van der Waals surface area contributed by atoms with E-state index >= 15 is 0 Å². The number of benzene rings is 2. The van der Waals surface area contributed by atoms with E-state index in [0.717, 1.165) is 39.1 Å². The van der Waals surface area contributed by atoms with Crippen LogP contribution in [-0.4, -0.2) is 47.6 Å². The highest BCUT2D eigenvalue weighted by atomic mass is 35.5. The zero-order valence-corrected chi connectivity index (χ0v) is 24.8. The third-order valence-corrected chi connectivity index (χ3v) is 9.81. The number of nitrogens with zero attached hydrogens (tertiary/aromatic N) is 3. The van der Waals surface area contributed by atoms with Crippen LogP contribution in [0.3, 0.4) is 0 Å². The number of halogens is 1. The van der Waals surface area contributed by atoms with Crippen LogP contribution in [0.25, 0.3) is 22.4 Å². The van der Waals surface area contributed by atoms with Crippen LogP contribution in [-0.2, 0) is 21.5 Å². The second kappa shape index (κ2) is 10.9. The summed E-state index contributed by atoms with van der Waals surface area (Å²) in [5, 5.41) is 5.49.